The van der Waals surface area contributed by atoms with Crippen LogP contribution in [0, 0.1) is 5.92 Å². The third kappa shape index (κ3) is 5.36. The maximum Gasteiger partial charge on any atom is 0.0591 e. The molecule has 17 heavy (non-hydrogen) atoms. The highest BCUT2D eigenvalue weighted by atomic mass is 16.5. The summed E-state index contributed by atoms with van der Waals surface area (Å²) in [4.78, 5) is 0. The SMILES string of the molecule is CCCCCCCCC(NN)C1CCOC1C. The van der Waals surface area contributed by atoms with E-state index in [-0.39, 0.29) is 0 Å². The third-order valence-electron chi connectivity index (χ3n) is 4.03. The van der Waals surface area contributed by atoms with Crippen molar-refractivity contribution in [3.05, 3.63) is 0 Å². The Labute approximate surface area is 106 Å². The van der Waals surface area contributed by atoms with Gasteiger partial charge in [-0.25, -0.2) is 0 Å². The van der Waals surface area contributed by atoms with Crippen LogP contribution in [0.5, 0.6) is 0 Å². The average Bonchev–Trinajstić information content (AvgIpc) is 2.75. The Morgan fingerprint density at radius 2 is 1.94 bits per heavy atom. The number of nitrogens with one attached hydrogen (secondary N) is 1. The molecule has 1 rings (SSSR count). The molecule has 3 unspecified atom stereocenters. The molecule has 0 aliphatic carbocycles. The van der Waals surface area contributed by atoms with Crippen molar-refractivity contribution in [1.82, 2.24) is 5.43 Å². The molecule has 0 amide bonds. The topological polar surface area (TPSA) is 47.3 Å². The maximum absolute atomic E-state index is 5.67. The fourth-order valence-corrected chi connectivity index (χ4v) is 2.84. The average molecular weight is 242 g/mol. The van der Waals surface area contributed by atoms with E-state index in [1.165, 1.54) is 44.9 Å². The van der Waals surface area contributed by atoms with Crippen LogP contribution >= 0.6 is 0 Å². The first-order valence-corrected chi connectivity index (χ1v) is 7.37. The largest absolute Gasteiger partial charge is 0.378 e. The normalized spacial score (nSPS) is 26.3. The van der Waals surface area contributed by atoms with E-state index in [4.69, 9.17) is 10.6 Å². The molecule has 0 aromatic carbocycles. The van der Waals surface area contributed by atoms with Gasteiger partial charge >= 0.3 is 0 Å². The van der Waals surface area contributed by atoms with Crippen molar-refractivity contribution in [3.8, 4) is 0 Å². The lowest BCUT2D eigenvalue weighted by Crippen LogP contribution is -2.43. The van der Waals surface area contributed by atoms with Crippen LogP contribution in [0.4, 0.5) is 0 Å². The minimum absolute atomic E-state index is 0.371. The minimum Gasteiger partial charge on any atom is -0.378 e. The minimum atomic E-state index is 0.371. The van der Waals surface area contributed by atoms with E-state index in [0.717, 1.165) is 13.0 Å². The van der Waals surface area contributed by atoms with E-state index >= 15 is 0 Å². The molecule has 1 heterocycles. The molecule has 0 radical (unpaired) electrons. The number of hydrogen-bond acceptors (Lipinski definition) is 3. The van der Waals surface area contributed by atoms with Gasteiger partial charge in [-0.05, 0) is 19.8 Å². The lowest BCUT2D eigenvalue weighted by Gasteiger charge is -2.25. The fraction of sp³-hybridized carbons (Fsp3) is 1.00. The van der Waals surface area contributed by atoms with Gasteiger partial charge in [0.25, 0.3) is 0 Å². The van der Waals surface area contributed by atoms with Crippen molar-refractivity contribution in [1.29, 1.82) is 0 Å². The predicted octanol–water partition coefficient (Wildman–Crippen LogP) is 2.99. The molecule has 1 saturated heterocycles. The zero-order chi connectivity index (χ0) is 12.5. The van der Waals surface area contributed by atoms with Crippen LogP contribution in [0.15, 0.2) is 0 Å². The van der Waals surface area contributed by atoms with Gasteiger partial charge in [0, 0.05) is 18.6 Å². The first-order valence-electron chi connectivity index (χ1n) is 7.37. The lowest BCUT2D eigenvalue weighted by atomic mass is 9.90. The highest BCUT2D eigenvalue weighted by Gasteiger charge is 2.30. The van der Waals surface area contributed by atoms with E-state index in [2.05, 4.69) is 19.3 Å². The van der Waals surface area contributed by atoms with Crippen molar-refractivity contribution in [3.63, 3.8) is 0 Å². The van der Waals surface area contributed by atoms with Gasteiger partial charge in [0.15, 0.2) is 0 Å². The van der Waals surface area contributed by atoms with Gasteiger partial charge in [-0.2, -0.15) is 0 Å². The Morgan fingerprint density at radius 3 is 2.53 bits per heavy atom. The van der Waals surface area contributed by atoms with E-state index in [0.29, 0.717) is 18.1 Å². The maximum atomic E-state index is 5.67. The molecule has 3 atom stereocenters. The smallest absolute Gasteiger partial charge is 0.0591 e. The molecule has 102 valence electrons. The third-order valence-corrected chi connectivity index (χ3v) is 4.03. The van der Waals surface area contributed by atoms with Crippen molar-refractivity contribution in [2.75, 3.05) is 6.61 Å². The Morgan fingerprint density at radius 1 is 1.24 bits per heavy atom. The van der Waals surface area contributed by atoms with Crippen molar-refractivity contribution in [2.24, 2.45) is 11.8 Å². The highest BCUT2D eigenvalue weighted by Crippen LogP contribution is 2.26. The number of unbranched alkanes of at least 4 members (excludes halogenated alkanes) is 5. The molecule has 0 aromatic heterocycles. The van der Waals surface area contributed by atoms with Crippen LogP contribution in [0.1, 0.15) is 65.2 Å². The van der Waals surface area contributed by atoms with Crippen molar-refractivity contribution >= 4 is 0 Å². The van der Waals surface area contributed by atoms with Crippen molar-refractivity contribution in [2.45, 2.75) is 77.4 Å². The quantitative estimate of drug-likeness (QED) is 0.371. The number of nitrogens with two attached hydrogens (primary N) is 1. The van der Waals surface area contributed by atoms with Crippen LogP contribution in [0.25, 0.3) is 0 Å². The first kappa shape index (κ1) is 14.9. The van der Waals surface area contributed by atoms with E-state index in [1.807, 2.05) is 0 Å². The summed E-state index contributed by atoms with van der Waals surface area (Å²) in [6, 6.07) is 0.443. The van der Waals surface area contributed by atoms with Gasteiger partial charge in [-0.15, -0.1) is 0 Å². The molecule has 0 spiro atoms. The summed E-state index contributed by atoms with van der Waals surface area (Å²) < 4.78 is 5.61. The molecule has 0 aromatic rings. The highest BCUT2D eigenvalue weighted by molar-refractivity contribution is 4.83. The van der Waals surface area contributed by atoms with E-state index in [9.17, 15) is 0 Å². The number of hydrogen-bond donors (Lipinski definition) is 2. The van der Waals surface area contributed by atoms with Gasteiger partial charge in [-0.1, -0.05) is 45.4 Å². The van der Waals surface area contributed by atoms with Crippen LogP contribution in [0.3, 0.4) is 0 Å². The predicted molar refractivity (Wildman–Crippen MR) is 72.6 cm³/mol. The van der Waals surface area contributed by atoms with Crippen LogP contribution in [0.2, 0.25) is 0 Å². The molecule has 3 N–H and O–H groups in total. The Kier molecular flexibility index (Phi) is 7.82. The lowest BCUT2D eigenvalue weighted by molar-refractivity contribution is 0.0939. The van der Waals surface area contributed by atoms with E-state index in [1.54, 1.807) is 0 Å². The second kappa shape index (κ2) is 8.90. The Balaban J connectivity index is 2.10. The molecule has 1 fully saturated rings. The monoisotopic (exact) mass is 242 g/mol. The summed E-state index contributed by atoms with van der Waals surface area (Å²) in [5, 5.41) is 0. The fourth-order valence-electron chi connectivity index (χ4n) is 2.84. The number of hydrazine groups is 1. The molecule has 0 bridgehead atoms. The van der Waals surface area contributed by atoms with Gasteiger partial charge in [0.05, 0.1) is 6.10 Å². The zero-order valence-electron chi connectivity index (χ0n) is 11.6. The van der Waals surface area contributed by atoms with Gasteiger partial charge < -0.3 is 4.74 Å². The standard InChI is InChI=1S/C14H30N2O/c1-3-4-5-6-7-8-9-14(16-15)13-10-11-17-12(13)2/h12-14,16H,3-11,15H2,1-2H3. The molecule has 3 nitrogen and oxygen atoms in total. The van der Waals surface area contributed by atoms with Gasteiger partial charge in [0.1, 0.15) is 0 Å². The summed E-state index contributed by atoms with van der Waals surface area (Å²) in [5.41, 5.74) is 3.00. The molecule has 1 aliphatic rings. The second-order valence-electron chi connectivity index (χ2n) is 5.36. The molecule has 0 saturated carbocycles. The van der Waals surface area contributed by atoms with Crippen LogP contribution < -0.4 is 11.3 Å². The summed E-state index contributed by atoms with van der Waals surface area (Å²) in [7, 11) is 0. The van der Waals surface area contributed by atoms with Crippen LogP contribution in [-0.4, -0.2) is 18.8 Å². The number of ether oxygens (including phenoxy) is 1. The van der Waals surface area contributed by atoms with E-state index < -0.39 is 0 Å². The summed E-state index contributed by atoms with van der Waals surface area (Å²) in [6.07, 6.45) is 10.8. The van der Waals surface area contributed by atoms with Gasteiger partial charge in [-0.3, -0.25) is 11.3 Å². The molecule has 1 aliphatic heterocycles. The second-order valence-corrected chi connectivity index (χ2v) is 5.36. The van der Waals surface area contributed by atoms with Crippen LogP contribution in [-0.2, 0) is 4.74 Å². The summed E-state index contributed by atoms with van der Waals surface area (Å²) in [6.45, 7) is 5.33. The van der Waals surface area contributed by atoms with Gasteiger partial charge in [0.2, 0.25) is 0 Å². The molecule has 3 heteroatoms. The summed E-state index contributed by atoms with van der Waals surface area (Å²) in [5.74, 6) is 6.28. The first-order chi connectivity index (χ1) is 8.29. The zero-order valence-corrected chi connectivity index (χ0v) is 11.6. The molecular formula is C14H30N2O. The summed E-state index contributed by atoms with van der Waals surface area (Å²) >= 11 is 0. The van der Waals surface area contributed by atoms with Crippen molar-refractivity contribution < 1.29 is 4.74 Å². The Bertz CT molecular complexity index is 187. The Hall–Kier alpha value is -0.120. The molecular weight excluding hydrogens is 212 g/mol. The number of rotatable bonds is 9.